The molecule has 0 atom stereocenters. The van der Waals surface area contributed by atoms with E-state index in [1.807, 2.05) is 0 Å². The lowest BCUT2D eigenvalue weighted by atomic mass is 9.84. The fourth-order valence-electron chi connectivity index (χ4n) is 1.81. The topological polar surface area (TPSA) is 12.0 Å². The third-order valence-corrected chi connectivity index (χ3v) is 4.62. The van der Waals surface area contributed by atoms with Gasteiger partial charge in [0.05, 0.1) is 0 Å². The molecule has 0 saturated heterocycles. The quantitative estimate of drug-likeness (QED) is 0.725. The summed E-state index contributed by atoms with van der Waals surface area (Å²) in [5.41, 5.74) is 1.56. The van der Waals surface area contributed by atoms with Gasteiger partial charge in [0.25, 0.3) is 0 Å². The highest BCUT2D eigenvalue weighted by atomic mass is 79.9. The lowest BCUT2D eigenvalue weighted by Crippen LogP contribution is -2.34. The van der Waals surface area contributed by atoms with Gasteiger partial charge >= 0.3 is 0 Å². The highest BCUT2D eigenvalue weighted by molar-refractivity contribution is 9.10. The summed E-state index contributed by atoms with van der Waals surface area (Å²) >= 11 is 9.52. The molecule has 0 spiro atoms. The van der Waals surface area contributed by atoms with Crippen LogP contribution in [0.3, 0.4) is 0 Å². The SMILES string of the molecule is CCC(CC)(CCl)CNCc1ccc(Br)cc1. The fraction of sp³-hybridized carbons (Fsp3) is 0.571. The van der Waals surface area contributed by atoms with Crippen LogP contribution in [0, 0.1) is 5.41 Å². The Hall–Kier alpha value is -0.0500. The molecule has 1 aromatic rings. The summed E-state index contributed by atoms with van der Waals surface area (Å²) in [6.07, 6.45) is 2.25. The number of halogens is 2. The number of nitrogens with one attached hydrogen (secondary N) is 1. The summed E-state index contributed by atoms with van der Waals surface area (Å²) in [6.45, 7) is 6.33. The first-order valence-corrected chi connectivity index (χ1v) is 7.49. The van der Waals surface area contributed by atoms with Gasteiger partial charge in [-0.05, 0) is 36.0 Å². The van der Waals surface area contributed by atoms with E-state index in [9.17, 15) is 0 Å². The zero-order chi connectivity index (χ0) is 12.7. The Morgan fingerprint density at radius 1 is 1.18 bits per heavy atom. The number of hydrogen-bond acceptors (Lipinski definition) is 1. The first-order valence-electron chi connectivity index (χ1n) is 6.17. The lowest BCUT2D eigenvalue weighted by molar-refractivity contribution is 0.286. The summed E-state index contributed by atoms with van der Waals surface area (Å²) in [4.78, 5) is 0. The van der Waals surface area contributed by atoms with Crippen molar-refractivity contribution >= 4 is 27.5 Å². The molecule has 1 aromatic carbocycles. The molecule has 0 heterocycles. The van der Waals surface area contributed by atoms with Crippen molar-refractivity contribution in [2.24, 2.45) is 5.41 Å². The van der Waals surface area contributed by atoms with Crippen LogP contribution in [-0.4, -0.2) is 12.4 Å². The third kappa shape index (κ3) is 4.61. The average molecular weight is 319 g/mol. The van der Waals surface area contributed by atoms with Crippen LogP contribution in [-0.2, 0) is 6.54 Å². The van der Waals surface area contributed by atoms with Crippen molar-refractivity contribution in [3.63, 3.8) is 0 Å². The first-order chi connectivity index (χ1) is 8.15. The van der Waals surface area contributed by atoms with E-state index in [4.69, 9.17) is 11.6 Å². The van der Waals surface area contributed by atoms with E-state index in [-0.39, 0.29) is 5.41 Å². The maximum atomic E-state index is 6.08. The minimum Gasteiger partial charge on any atom is -0.312 e. The number of benzene rings is 1. The highest BCUT2D eigenvalue weighted by Crippen LogP contribution is 2.27. The molecule has 0 amide bonds. The highest BCUT2D eigenvalue weighted by Gasteiger charge is 2.24. The molecule has 0 unspecified atom stereocenters. The van der Waals surface area contributed by atoms with Crippen molar-refractivity contribution in [2.45, 2.75) is 33.2 Å². The minimum atomic E-state index is 0.247. The standard InChI is InChI=1S/C14H21BrClN/c1-3-14(4-2,10-16)11-17-9-12-5-7-13(15)8-6-12/h5-8,17H,3-4,9-11H2,1-2H3. The van der Waals surface area contributed by atoms with Gasteiger partial charge in [-0.2, -0.15) is 0 Å². The molecule has 1 rings (SSSR count). The van der Waals surface area contributed by atoms with Crippen molar-refractivity contribution < 1.29 is 0 Å². The van der Waals surface area contributed by atoms with Crippen LogP contribution < -0.4 is 5.32 Å². The molecule has 3 heteroatoms. The molecular weight excluding hydrogens is 298 g/mol. The van der Waals surface area contributed by atoms with Crippen molar-refractivity contribution in [3.05, 3.63) is 34.3 Å². The van der Waals surface area contributed by atoms with E-state index >= 15 is 0 Å². The van der Waals surface area contributed by atoms with Gasteiger partial charge in [0.15, 0.2) is 0 Å². The molecule has 1 nitrogen and oxygen atoms in total. The van der Waals surface area contributed by atoms with E-state index in [2.05, 4.69) is 59.4 Å². The Balaban J connectivity index is 2.43. The maximum Gasteiger partial charge on any atom is 0.0291 e. The van der Waals surface area contributed by atoms with Gasteiger partial charge in [-0.3, -0.25) is 0 Å². The van der Waals surface area contributed by atoms with Gasteiger partial charge in [0, 0.05) is 23.4 Å². The molecule has 0 aliphatic rings. The Bertz CT molecular complexity index is 311. The number of hydrogen-bond donors (Lipinski definition) is 1. The van der Waals surface area contributed by atoms with Gasteiger partial charge in [-0.1, -0.05) is 41.9 Å². The van der Waals surface area contributed by atoms with Crippen molar-refractivity contribution in [3.8, 4) is 0 Å². The van der Waals surface area contributed by atoms with Crippen LogP contribution in [0.2, 0.25) is 0 Å². The van der Waals surface area contributed by atoms with Crippen LogP contribution in [0.15, 0.2) is 28.7 Å². The zero-order valence-electron chi connectivity index (χ0n) is 10.6. The second kappa shape index (κ2) is 7.40. The van der Waals surface area contributed by atoms with E-state index in [1.54, 1.807) is 0 Å². The summed E-state index contributed by atoms with van der Waals surface area (Å²) in [7, 11) is 0. The molecule has 0 saturated carbocycles. The molecule has 0 bridgehead atoms. The Kier molecular flexibility index (Phi) is 6.53. The van der Waals surface area contributed by atoms with Gasteiger partial charge in [-0.15, -0.1) is 11.6 Å². The van der Waals surface area contributed by atoms with Crippen LogP contribution >= 0.6 is 27.5 Å². The van der Waals surface area contributed by atoms with Gasteiger partial charge in [0.1, 0.15) is 0 Å². The Morgan fingerprint density at radius 3 is 2.24 bits per heavy atom. The second-order valence-electron chi connectivity index (χ2n) is 4.57. The van der Waals surface area contributed by atoms with E-state index in [0.717, 1.165) is 36.3 Å². The third-order valence-electron chi connectivity index (χ3n) is 3.53. The second-order valence-corrected chi connectivity index (χ2v) is 5.75. The summed E-state index contributed by atoms with van der Waals surface area (Å²) in [5, 5.41) is 3.52. The molecule has 17 heavy (non-hydrogen) atoms. The van der Waals surface area contributed by atoms with E-state index < -0.39 is 0 Å². The van der Waals surface area contributed by atoms with E-state index in [1.165, 1.54) is 5.56 Å². The normalized spacial score (nSPS) is 11.8. The maximum absolute atomic E-state index is 6.08. The monoisotopic (exact) mass is 317 g/mol. The summed E-state index contributed by atoms with van der Waals surface area (Å²) in [5.74, 6) is 0.730. The van der Waals surface area contributed by atoms with Gasteiger partial charge in [0.2, 0.25) is 0 Å². The minimum absolute atomic E-state index is 0.247. The average Bonchev–Trinajstić information content (AvgIpc) is 2.38. The van der Waals surface area contributed by atoms with Crippen LogP contribution in [0.25, 0.3) is 0 Å². The van der Waals surface area contributed by atoms with Crippen LogP contribution in [0.1, 0.15) is 32.3 Å². The van der Waals surface area contributed by atoms with Crippen LogP contribution in [0.5, 0.6) is 0 Å². The number of alkyl halides is 1. The largest absolute Gasteiger partial charge is 0.312 e. The Labute approximate surface area is 118 Å². The Morgan fingerprint density at radius 2 is 1.76 bits per heavy atom. The molecule has 0 aliphatic heterocycles. The summed E-state index contributed by atoms with van der Waals surface area (Å²) < 4.78 is 1.12. The lowest BCUT2D eigenvalue weighted by Gasteiger charge is -2.29. The molecule has 0 radical (unpaired) electrons. The molecular formula is C14H21BrClN. The van der Waals surface area contributed by atoms with Crippen molar-refractivity contribution in [2.75, 3.05) is 12.4 Å². The molecule has 96 valence electrons. The molecule has 1 N–H and O–H groups in total. The predicted molar refractivity (Wildman–Crippen MR) is 79.6 cm³/mol. The number of rotatable bonds is 7. The van der Waals surface area contributed by atoms with E-state index in [0.29, 0.717) is 0 Å². The predicted octanol–water partition coefficient (Wildman–Crippen LogP) is 4.58. The molecule has 0 fully saturated rings. The van der Waals surface area contributed by atoms with Crippen molar-refractivity contribution in [1.82, 2.24) is 5.32 Å². The smallest absolute Gasteiger partial charge is 0.0291 e. The molecule has 0 aliphatic carbocycles. The van der Waals surface area contributed by atoms with Crippen molar-refractivity contribution in [1.29, 1.82) is 0 Å². The summed E-state index contributed by atoms with van der Waals surface area (Å²) in [6, 6.07) is 8.42. The van der Waals surface area contributed by atoms with Crippen LogP contribution in [0.4, 0.5) is 0 Å². The van der Waals surface area contributed by atoms with Gasteiger partial charge < -0.3 is 5.32 Å². The first kappa shape index (κ1) is 15.0. The molecule has 0 aromatic heterocycles. The van der Waals surface area contributed by atoms with Gasteiger partial charge in [-0.25, -0.2) is 0 Å². The fourth-order valence-corrected chi connectivity index (χ4v) is 2.55. The zero-order valence-corrected chi connectivity index (χ0v) is 12.9.